The molecule has 0 heterocycles. The highest BCUT2D eigenvalue weighted by molar-refractivity contribution is 5.73. The highest BCUT2D eigenvalue weighted by Gasteiger charge is 2.35. The van der Waals surface area contributed by atoms with Crippen LogP contribution in [0.4, 0.5) is 17.6 Å². The Morgan fingerprint density at radius 3 is 2.43 bits per heavy atom. The van der Waals surface area contributed by atoms with Crippen LogP contribution >= 0.6 is 0 Å². The number of hydrogen-bond donors (Lipinski definition) is 1. The first-order valence-corrected chi connectivity index (χ1v) is 6.57. The summed E-state index contributed by atoms with van der Waals surface area (Å²) in [4.78, 5) is 11.3. The summed E-state index contributed by atoms with van der Waals surface area (Å²) in [5.74, 6) is -2.59. The van der Waals surface area contributed by atoms with Crippen LogP contribution in [0.25, 0.3) is 0 Å². The van der Waals surface area contributed by atoms with Gasteiger partial charge in [-0.15, -0.1) is 0 Å². The van der Waals surface area contributed by atoms with Crippen molar-refractivity contribution in [1.29, 1.82) is 0 Å². The van der Waals surface area contributed by atoms with Crippen LogP contribution in [0.15, 0.2) is 48.5 Å². The maximum absolute atomic E-state index is 13.1. The second-order valence-corrected chi connectivity index (χ2v) is 4.77. The lowest BCUT2D eigenvalue weighted by molar-refractivity contribution is -0.148. The smallest absolute Gasteiger partial charge is 0.419 e. The van der Waals surface area contributed by atoms with Gasteiger partial charge in [0.15, 0.2) is 6.10 Å². The molecule has 0 spiro atoms. The number of alkyl halides is 3. The zero-order valence-electron chi connectivity index (χ0n) is 11.7. The van der Waals surface area contributed by atoms with Crippen LogP contribution < -0.4 is 4.74 Å². The summed E-state index contributed by atoms with van der Waals surface area (Å²) in [5, 5.41) is 9.16. The molecular formula is C16H12F4O3. The van der Waals surface area contributed by atoms with Crippen LogP contribution in [0.3, 0.4) is 0 Å². The third kappa shape index (κ3) is 4.45. The third-order valence-corrected chi connectivity index (χ3v) is 3.05. The third-order valence-electron chi connectivity index (χ3n) is 3.05. The van der Waals surface area contributed by atoms with Crippen molar-refractivity contribution in [2.75, 3.05) is 0 Å². The Hall–Kier alpha value is -2.57. The van der Waals surface area contributed by atoms with E-state index in [9.17, 15) is 22.4 Å². The van der Waals surface area contributed by atoms with Gasteiger partial charge in [0.1, 0.15) is 11.6 Å². The molecule has 0 aromatic heterocycles. The molecule has 1 atom stereocenters. The SMILES string of the molecule is O=C(O)C(Cc1cccc(F)c1)Oc1ccccc1C(F)(F)F. The van der Waals surface area contributed by atoms with Gasteiger partial charge in [0.25, 0.3) is 0 Å². The molecular weight excluding hydrogens is 316 g/mol. The van der Waals surface area contributed by atoms with Crippen molar-refractivity contribution in [2.45, 2.75) is 18.7 Å². The zero-order chi connectivity index (χ0) is 17.0. The second-order valence-electron chi connectivity index (χ2n) is 4.77. The number of aliphatic carboxylic acids is 1. The molecule has 1 N–H and O–H groups in total. The van der Waals surface area contributed by atoms with E-state index in [1.54, 1.807) is 0 Å². The van der Waals surface area contributed by atoms with Gasteiger partial charge in [-0.05, 0) is 29.8 Å². The van der Waals surface area contributed by atoms with Gasteiger partial charge >= 0.3 is 12.1 Å². The molecule has 0 aliphatic heterocycles. The van der Waals surface area contributed by atoms with E-state index in [0.717, 1.165) is 18.2 Å². The molecule has 23 heavy (non-hydrogen) atoms. The maximum atomic E-state index is 13.1. The predicted molar refractivity (Wildman–Crippen MR) is 73.6 cm³/mol. The first kappa shape index (κ1) is 16.8. The fourth-order valence-corrected chi connectivity index (χ4v) is 2.01. The molecule has 122 valence electrons. The highest BCUT2D eigenvalue weighted by atomic mass is 19.4. The molecule has 2 rings (SSSR count). The minimum atomic E-state index is -4.67. The molecule has 0 fully saturated rings. The molecule has 2 aromatic rings. The highest BCUT2D eigenvalue weighted by Crippen LogP contribution is 2.36. The van der Waals surface area contributed by atoms with Gasteiger partial charge in [-0.25, -0.2) is 9.18 Å². The average molecular weight is 328 g/mol. The molecule has 0 radical (unpaired) electrons. The molecule has 7 heteroatoms. The van der Waals surface area contributed by atoms with Crippen molar-refractivity contribution in [2.24, 2.45) is 0 Å². The lowest BCUT2D eigenvalue weighted by Gasteiger charge is -2.19. The molecule has 2 aromatic carbocycles. The summed E-state index contributed by atoms with van der Waals surface area (Å²) in [5.41, 5.74) is -0.757. The van der Waals surface area contributed by atoms with Gasteiger partial charge in [0, 0.05) is 6.42 Å². The molecule has 3 nitrogen and oxygen atoms in total. The van der Waals surface area contributed by atoms with Crippen molar-refractivity contribution < 1.29 is 32.2 Å². The summed E-state index contributed by atoms with van der Waals surface area (Å²) >= 11 is 0. The predicted octanol–water partition coefficient (Wildman–Crippen LogP) is 3.92. The maximum Gasteiger partial charge on any atom is 0.419 e. The Labute approximate surface area is 129 Å². The fraction of sp³-hybridized carbons (Fsp3) is 0.188. The molecule has 0 amide bonds. The zero-order valence-corrected chi connectivity index (χ0v) is 11.7. The van der Waals surface area contributed by atoms with Gasteiger partial charge in [0.2, 0.25) is 0 Å². The van der Waals surface area contributed by atoms with E-state index in [0.29, 0.717) is 5.56 Å². The van der Waals surface area contributed by atoms with E-state index in [2.05, 4.69) is 0 Å². The second kappa shape index (κ2) is 6.68. The van der Waals surface area contributed by atoms with Crippen molar-refractivity contribution in [1.82, 2.24) is 0 Å². The minimum absolute atomic E-state index is 0.265. The summed E-state index contributed by atoms with van der Waals surface area (Å²) in [6, 6.07) is 9.48. The van der Waals surface area contributed by atoms with Gasteiger partial charge in [0.05, 0.1) is 5.56 Å². The van der Waals surface area contributed by atoms with E-state index in [1.165, 1.54) is 30.3 Å². The van der Waals surface area contributed by atoms with Crippen LogP contribution in [0, 0.1) is 5.82 Å². The molecule has 1 unspecified atom stereocenters. The van der Waals surface area contributed by atoms with Crippen LogP contribution in [-0.4, -0.2) is 17.2 Å². The van der Waals surface area contributed by atoms with Gasteiger partial charge in [-0.3, -0.25) is 0 Å². The van der Waals surface area contributed by atoms with Crippen molar-refractivity contribution >= 4 is 5.97 Å². The topological polar surface area (TPSA) is 46.5 Å². The monoisotopic (exact) mass is 328 g/mol. The molecule has 0 aliphatic carbocycles. The Balaban J connectivity index is 2.26. The number of para-hydroxylation sites is 1. The van der Waals surface area contributed by atoms with E-state index in [4.69, 9.17) is 9.84 Å². The largest absolute Gasteiger partial charge is 0.478 e. The number of carboxylic acids is 1. The van der Waals surface area contributed by atoms with Crippen LogP contribution in [0.1, 0.15) is 11.1 Å². The van der Waals surface area contributed by atoms with Crippen LogP contribution in [0.5, 0.6) is 5.75 Å². The Morgan fingerprint density at radius 2 is 1.83 bits per heavy atom. The number of ether oxygens (including phenoxy) is 1. The van der Waals surface area contributed by atoms with E-state index in [1.807, 2.05) is 0 Å². The van der Waals surface area contributed by atoms with Crippen molar-refractivity contribution in [3.8, 4) is 5.75 Å². The van der Waals surface area contributed by atoms with Crippen molar-refractivity contribution in [3.63, 3.8) is 0 Å². The van der Waals surface area contributed by atoms with Crippen LogP contribution in [0.2, 0.25) is 0 Å². The van der Waals surface area contributed by atoms with Gasteiger partial charge < -0.3 is 9.84 Å². The van der Waals surface area contributed by atoms with E-state index in [-0.39, 0.29) is 6.42 Å². The fourth-order valence-electron chi connectivity index (χ4n) is 2.01. The average Bonchev–Trinajstić information content (AvgIpc) is 2.46. The summed E-state index contributed by atoms with van der Waals surface area (Å²) < 4.78 is 56.9. The summed E-state index contributed by atoms with van der Waals surface area (Å²) in [7, 11) is 0. The summed E-state index contributed by atoms with van der Waals surface area (Å²) in [6.07, 6.45) is -6.50. The Morgan fingerprint density at radius 1 is 1.13 bits per heavy atom. The lowest BCUT2D eigenvalue weighted by atomic mass is 10.1. The van der Waals surface area contributed by atoms with Gasteiger partial charge in [-0.2, -0.15) is 13.2 Å². The quantitative estimate of drug-likeness (QED) is 0.846. The molecule has 0 saturated carbocycles. The number of carbonyl (C=O) groups is 1. The molecule has 0 aliphatic rings. The number of benzene rings is 2. The Kier molecular flexibility index (Phi) is 4.88. The van der Waals surface area contributed by atoms with Gasteiger partial charge in [-0.1, -0.05) is 24.3 Å². The molecule has 0 bridgehead atoms. The standard InChI is InChI=1S/C16H12F4O3/c17-11-5-3-4-10(8-11)9-14(15(21)22)23-13-7-2-1-6-12(13)16(18,19)20/h1-8,14H,9H2,(H,21,22). The summed E-state index contributed by atoms with van der Waals surface area (Å²) in [6.45, 7) is 0. The number of carboxylic acid groups (broad SMARTS) is 1. The molecule has 0 saturated heterocycles. The lowest BCUT2D eigenvalue weighted by Crippen LogP contribution is -2.30. The van der Waals surface area contributed by atoms with Crippen LogP contribution in [-0.2, 0) is 17.4 Å². The number of halogens is 4. The van der Waals surface area contributed by atoms with Crippen molar-refractivity contribution in [3.05, 3.63) is 65.5 Å². The van der Waals surface area contributed by atoms with E-state index >= 15 is 0 Å². The minimum Gasteiger partial charge on any atom is -0.478 e. The normalized spacial score (nSPS) is 12.7. The van der Waals surface area contributed by atoms with E-state index < -0.39 is 35.4 Å². The number of rotatable bonds is 5. The number of hydrogen-bond acceptors (Lipinski definition) is 2. The first-order valence-electron chi connectivity index (χ1n) is 6.57. The Bertz CT molecular complexity index is 698. The first-order chi connectivity index (χ1) is 10.8.